The van der Waals surface area contributed by atoms with E-state index in [1.165, 1.54) is 6.07 Å². The summed E-state index contributed by atoms with van der Waals surface area (Å²) in [6.45, 7) is 1.97. The molecule has 1 aromatic heterocycles. The first kappa shape index (κ1) is 14.8. The number of rotatable bonds is 4. The summed E-state index contributed by atoms with van der Waals surface area (Å²) >= 11 is 2.92. The second-order valence-electron chi connectivity index (χ2n) is 4.43. The molecule has 0 aliphatic carbocycles. The Kier molecular flexibility index (Phi) is 4.32. The van der Waals surface area contributed by atoms with Crippen molar-refractivity contribution in [2.45, 2.75) is 19.8 Å². The minimum absolute atomic E-state index is 0.0904. The molecule has 0 atom stereocenters. The molecule has 20 heavy (non-hydrogen) atoms. The summed E-state index contributed by atoms with van der Waals surface area (Å²) in [5.74, 6) is -2.32. The van der Waals surface area contributed by atoms with Gasteiger partial charge in [-0.05, 0) is 40.5 Å². The molecule has 0 amide bonds. The molecular weight excluding hydrogens is 330 g/mol. The zero-order chi connectivity index (χ0) is 14.9. The van der Waals surface area contributed by atoms with Gasteiger partial charge >= 0.3 is 0 Å². The Morgan fingerprint density at radius 2 is 2.10 bits per heavy atom. The van der Waals surface area contributed by atoms with Crippen molar-refractivity contribution in [1.82, 2.24) is 9.78 Å². The monoisotopic (exact) mass is 342 g/mol. The second-order valence-corrected chi connectivity index (χ2v) is 5.22. The third-order valence-electron chi connectivity index (χ3n) is 3.07. The van der Waals surface area contributed by atoms with Gasteiger partial charge in [0.2, 0.25) is 0 Å². The van der Waals surface area contributed by atoms with E-state index in [0.29, 0.717) is 0 Å². The van der Waals surface area contributed by atoms with Crippen LogP contribution < -0.4 is 0 Å². The predicted molar refractivity (Wildman–Crippen MR) is 74.7 cm³/mol. The quantitative estimate of drug-likeness (QED) is 0.630. The van der Waals surface area contributed by atoms with Gasteiger partial charge in [0, 0.05) is 18.3 Å². The molecular formula is C14H13BrF2N2O. The first-order valence-corrected chi connectivity index (χ1v) is 6.91. The van der Waals surface area contributed by atoms with Gasteiger partial charge in [0.1, 0.15) is 0 Å². The minimum Gasteiger partial charge on any atom is -0.294 e. The summed E-state index contributed by atoms with van der Waals surface area (Å²) in [4.78, 5) is 12.2. The van der Waals surface area contributed by atoms with Crippen LogP contribution >= 0.6 is 15.9 Å². The van der Waals surface area contributed by atoms with Gasteiger partial charge in [-0.15, -0.1) is 0 Å². The number of carbonyl (C=O) groups is 1. The van der Waals surface area contributed by atoms with E-state index in [2.05, 4.69) is 21.0 Å². The highest BCUT2D eigenvalue weighted by Gasteiger charge is 2.18. The molecule has 0 fully saturated rings. The van der Waals surface area contributed by atoms with Crippen LogP contribution in [0.5, 0.6) is 0 Å². The van der Waals surface area contributed by atoms with E-state index in [0.717, 1.165) is 23.9 Å². The molecule has 6 heteroatoms. The summed E-state index contributed by atoms with van der Waals surface area (Å²) in [6.07, 6.45) is 0.865. The highest BCUT2D eigenvalue weighted by Crippen LogP contribution is 2.24. The summed E-state index contributed by atoms with van der Waals surface area (Å²) in [6, 6.07) is 4.07. The van der Waals surface area contributed by atoms with E-state index in [1.807, 2.05) is 13.0 Å². The molecule has 2 rings (SSSR count). The van der Waals surface area contributed by atoms with Gasteiger partial charge in [0.25, 0.3) is 0 Å². The number of halogens is 3. The van der Waals surface area contributed by atoms with Crippen molar-refractivity contribution < 1.29 is 13.6 Å². The van der Waals surface area contributed by atoms with E-state index in [-0.39, 0.29) is 22.2 Å². The van der Waals surface area contributed by atoms with Crippen molar-refractivity contribution in [2.75, 3.05) is 0 Å². The number of nitrogens with zero attached hydrogens (tertiary/aromatic N) is 2. The van der Waals surface area contributed by atoms with Crippen LogP contribution in [-0.2, 0) is 19.9 Å². The molecule has 0 saturated carbocycles. The molecule has 0 spiro atoms. The second kappa shape index (κ2) is 5.83. The maximum absolute atomic E-state index is 13.4. The van der Waals surface area contributed by atoms with Crippen LogP contribution in [0.25, 0.3) is 0 Å². The molecule has 2 aromatic rings. The fourth-order valence-electron chi connectivity index (χ4n) is 1.91. The highest BCUT2D eigenvalue weighted by atomic mass is 79.9. The Balaban J connectivity index is 2.28. The first-order chi connectivity index (χ1) is 9.43. The number of ketones is 1. The maximum Gasteiger partial charge on any atom is 0.173 e. The summed E-state index contributed by atoms with van der Waals surface area (Å²) in [5.41, 5.74) is 1.76. The SMILES string of the molecule is CCc1cc(CC(=O)c2ccc(F)c(F)c2Br)n(C)n1. The van der Waals surface area contributed by atoms with Gasteiger partial charge in [-0.25, -0.2) is 8.78 Å². The fourth-order valence-corrected chi connectivity index (χ4v) is 2.45. The minimum atomic E-state index is -1.05. The fraction of sp³-hybridized carbons (Fsp3) is 0.286. The number of Topliss-reactive ketones (excluding diaryl/α,β-unsaturated/α-hetero) is 1. The summed E-state index contributed by atoms with van der Waals surface area (Å²) < 4.78 is 28.0. The molecule has 0 aliphatic rings. The number of aryl methyl sites for hydroxylation is 2. The normalized spacial score (nSPS) is 10.8. The van der Waals surface area contributed by atoms with E-state index in [4.69, 9.17) is 0 Å². The smallest absolute Gasteiger partial charge is 0.173 e. The van der Waals surface area contributed by atoms with E-state index in [1.54, 1.807) is 11.7 Å². The molecule has 0 aliphatic heterocycles. The van der Waals surface area contributed by atoms with Crippen LogP contribution in [0.3, 0.4) is 0 Å². The molecule has 0 saturated heterocycles. The average Bonchev–Trinajstić information content (AvgIpc) is 2.76. The molecule has 0 N–H and O–H groups in total. The van der Waals surface area contributed by atoms with Gasteiger partial charge in [0.15, 0.2) is 17.4 Å². The standard InChI is InChI=1S/C14H13BrF2N2O/c1-3-8-6-9(19(2)18-8)7-12(20)10-4-5-11(16)14(17)13(10)15/h4-6H,3,7H2,1-2H3. The third kappa shape index (κ3) is 2.80. The summed E-state index contributed by atoms with van der Waals surface area (Å²) in [7, 11) is 1.75. The van der Waals surface area contributed by atoms with Gasteiger partial charge in [0.05, 0.1) is 16.6 Å². The Hall–Kier alpha value is -1.56. The largest absolute Gasteiger partial charge is 0.294 e. The predicted octanol–water partition coefficient (Wildman–Crippen LogP) is 3.45. The molecule has 106 valence electrons. The Morgan fingerprint density at radius 1 is 1.40 bits per heavy atom. The van der Waals surface area contributed by atoms with Crippen molar-refractivity contribution >= 4 is 21.7 Å². The van der Waals surface area contributed by atoms with Crippen molar-refractivity contribution in [3.05, 3.63) is 51.3 Å². The number of hydrogen-bond acceptors (Lipinski definition) is 2. The number of aromatic nitrogens is 2. The van der Waals surface area contributed by atoms with Crippen molar-refractivity contribution in [2.24, 2.45) is 7.05 Å². The number of carbonyl (C=O) groups excluding carboxylic acids is 1. The van der Waals surface area contributed by atoms with Crippen molar-refractivity contribution in [3.63, 3.8) is 0 Å². The molecule has 3 nitrogen and oxygen atoms in total. The first-order valence-electron chi connectivity index (χ1n) is 6.12. The third-order valence-corrected chi connectivity index (χ3v) is 3.84. The van der Waals surface area contributed by atoms with Crippen LogP contribution in [0, 0.1) is 11.6 Å². The molecule has 1 heterocycles. The van der Waals surface area contributed by atoms with Crippen LogP contribution in [0.2, 0.25) is 0 Å². The lowest BCUT2D eigenvalue weighted by molar-refractivity contribution is 0.0989. The Bertz CT molecular complexity index is 667. The molecule has 1 aromatic carbocycles. The topological polar surface area (TPSA) is 34.9 Å². The van der Waals surface area contributed by atoms with Crippen LogP contribution in [-0.4, -0.2) is 15.6 Å². The lowest BCUT2D eigenvalue weighted by Gasteiger charge is -2.05. The van der Waals surface area contributed by atoms with E-state index < -0.39 is 11.6 Å². The van der Waals surface area contributed by atoms with Gasteiger partial charge in [-0.2, -0.15) is 5.10 Å². The van der Waals surface area contributed by atoms with Crippen LogP contribution in [0.15, 0.2) is 22.7 Å². The maximum atomic E-state index is 13.4. The van der Waals surface area contributed by atoms with Gasteiger partial charge < -0.3 is 0 Å². The van der Waals surface area contributed by atoms with Crippen molar-refractivity contribution in [1.29, 1.82) is 0 Å². The number of benzene rings is 1. The Morgan fingerprint density at radius 3 is 2.70 bits per heavy atom. The van der Waals surface area contributed by atoms with Gasteiger partial charge in [-0.3, -0.25) is 9.48 Å². The van der Waals surface area contributed by atoms with Crippen molar-refractivity contribution in [3.8, 4) is 0 Å². The molecule has 0 radical (unpaired) electrons. The lowest BCUT2D eigenvalue weighted by atomic mass is 10.1. The van der Waals surface area contributed by atoms with Gasteiger partial charge in [-0.1, -0.05) is 6.92 Å². The van der Waals surface area contributed by atoms with E-state index in [9.17, 15) is 13.6 Å². The molecule has 0 bridgehead atoms. The van der Waals surface area contributed by atoms with E-state index >= 15 is 0 Å². The average molecular weight is 343 g/mol. The Labute approximate surface area is 123 Å². The summed E-state index contributed by atoms with van der Waals surface area (Å²) in [5, 5.41) is 4.25. The highest BCUT2D eigenvalue weighted by molar-refractivity contribution is 9.10. The number of hydrogen-bond donors (Lipinski definition) is 0. The van der Waals surface area contributed by atoms with Crippen LogP contribution in [0.4, 0.5) is 8.78 Å². The van der Waals surface area contributed by atoms with Crippen LogP contribution in [0.1, 0.15) is 28.7 Å². The zero-order valence-corrected chi connectivity index (χ0v) is 12.7. The molecule has 0 unspecified atom stereocenters. The lowest BCUT2D eigenvalue weighted by Crippen LogP contribution is -2.09. The zero-order valence-electron chi connectivity index (χ0n) is 11.1.